The number of piperidine rings is 2. The maximum absolute atomic E-state index is 15.8. The second-order valence-electron chi connectivity index (χ2n) is 18.1. The molecule has 3 aliphatic rings. The Hall–Kier alpha value is -3.47. The van der Waals surface area contributed by atoms with Crippen LogP contribution in [0.1, 0.15) is 125 Å². The van der Waals surface area contributed by atoms with E-state index in [2.05, 4.69) is 90.3 Å². The molecule has 0 radical (unpaired) electrons. The van der Waals surface area contributed by atoms with Crippen LogP contribution in [0.15, 0.2) is 36.3 Å². The Bertz CT molecular complexity index is 1550. The van der Waals surface area contributed by atoms with Crippen molar-refractivity contribution in [3.05, 3.63) is 53.5 Å². The van der Waals surface area contributed by atoms with Crippen LogP contribution in [0.3, 0.4) is 0 Å². The number of hydrogen-bond donors (Lipinski definition) is 3. The number of rotatable bonds is 15. The number of amides is 1. The smallest absolute Gasteiger partial charge is 0.220 e. The van der Waals surface area contributed by atoms with Crippen molar-refractivity contribution < 1.29 is 13.6 Å². The molecule has 2 aromatic rings. The van der Waals surface area contributed by atoms with Gasteiger partial charge in [0.2, 0.25) is 5.91 Å². The summed E-state index contributed by atoms with van der Waals surface area (Å²) in [4.78, 5) is 27.9. The molecule has 5 rings (SSSR count). The van der Waals surface area contributed by atoms with Gasteiger partial charge in [-0.05, 0) is 81.9 Å². The van der Waals surface area contributed by atoms with Crippen molar-refractivity contribution in [2.75, 3.05) is 60.9 Å². The molecule has 3 fully saturated rings. The third-order valence-corrected chi connectivity index (χ3v) is 12.1. The van der Waals surface area contributed by atoms with Crippen molar-refractivity contribution in [1.29, 1.82) is 0 Å². The number of benzene rings is 1. The van der Waals surface area contributed by atoms with Crippen LogP contribution < -0.4 is 25.8 Å². The molecule has 3 aliphatic heterocycles. The van der Waals surface area contributed by atoms with Gasteiger partial charge in [0.1, 0.15) is 29.6 Å². The van der Waals surface area contributed by atoms with Crippen LogP contribution in [-0.2, 0) is 11.3 Å². The van der Waals surface area contributed by atoms with Crippen molar-refractivity contribution in [2.24, 2.45) is 10.8 Å². The van der Waals surface area contributed by atoms with E-state index < -0.39 is 0 Å². The molecule has 54 heavy (non-hydrogen) atoms. The number of allylic oxidation sites excluding steroid dienone is 1. The van der Waals surface area contributed by atoms with Gasteiger partial charge in [0.25, 0.3) is 0 Å². The van der Waals surface area contributed by atoms with Gasteiger partial charge < -0.3 is 25.8 Å². The molecule has 1 aromatic carbocycles. The van der Waals surface area contributed by atoms with Crippen molar-refractivity contribution >= 4 is 23.2 Å². The molecule has 0 saturated carbocycles. The summed E-state index contributed by atoms with van der Waals surface area (Å²) in [6.07, 6.45) is 14.3. The number of aromatic nitrogens is 2. The van der Waals surface area contributed by atoms with E-state index in [1.165, 1.54) is 12.1 Å². The zero-order valence-corrected chi connectivity index (χ0v) is 34.3. The maximum Gasteiger partial charge on any atom is 0.220 e. The minimum absolute atomic E-state index is 0.0700. The fraction of sp³-hybridized carbons (Fsp3) is 0.698. The summed E-state index contributed by atoms with van der Waals surface area (Å²) >= 11 is 0. The standard InChI is InChI=1S/C43H68F2N8O/c1-8-14-34-29-53(37-26-35(44)33(25-36(37)45)28-51-21-16-42(6,7)17-22-51)30-43(50-34)18-23-52(24-19-43)39-27-38(47-31-48-39)46-20-13-11-9-10-12-15-40(54)49-32(2)41(3,4)5/h14,25-27,31-32,50H,8-13,15-24,28-30H2,1-7H3,(H,49,54)(H,46,47,48)/b34-14-. The number of unbranched alkanes of at least 4 members (excludes halogenated alkanes) is 4. The summed E-state index contributed by atoms with van der Waals surface area (Å²) in [5.41, 5.74) is 1.99. The Morgan fingerprint density at radius 1 is 0.944 bits per heavy atom. The van der Waals surface area contributed by atoms with Gasteiger partial charge in [0.15, 0.2) is 0 Å². The summed E-state index contributed by atoms with van der Waals surface area (Å²) in [5.74, 6) is 1.21. The van der Waals surface area contributed by atoms with Crippen molar-refractivity contribution in [2.45, 2.75) is 137 Å². The zero-order chi connectivity index (χ0) is 38.9. The number of carbonyl (C=O) groups is 1. The molecular formula is C43H68F2N8O. The lowest BCUT2D eigenvalue weighted by Crippen LogP contribution is -2.63. The molecule has 1 unspecified atom stereocenters. The predicted octanol–water partition coefficient (Wildman–Crippen LogP) is 8.42. The summed E-state index contributed by atoms with van der Waals surface area (Å²) < 4.78 is 31.4. The Morgan fingerprint density at radius 2 is 1.65 bits per heavy atom. The number of nitrogens with zero attached hydrogens (tertiary/aromatic N) is 5. The molecule has 4 heterocycles. The molecule has 0 bridgehead atoms. The van der Waals surface area contributed by atoms with E-state index in [0.717, 1.165) is 114 Å². The molecule has 300 valence electrons. The number of piperazine rings is 1. The summed E-state index contributed by atoms with van der Waals surface area (Å²) in [6.45, 7) is 21.0. The minimum Gasteiger partial charge on any atom is -0.380 e. The monoisotopic (exact) mass is 751 g/mol. The summed E-state index contributed by atoms with van der Waals surface area (Å²) in [7, 11) is 0. The zero-order valence-electron chi connectivity index (χ0n) is 34.3. The SMILES string of the molecule is CC/C=C1/CN(c2cc(F)c(CN3CCC(C)(C)CC3)cc2F)CC2(CCN(c3cc(NCCCCCCCC(=O)NC(C)C(C)(C)C)ncn3)CC2)N1. The van der Waals surface area contributed by atoms with E-state index in [1.807, 2.05) is 11.0 Å². The van der Waals surface area contributed by atoms with Crippen LogP contribution in [0.25, 0.3) is 0 Å². The Morgan fingerprint density at radius 3 is 2.35 bits per heavy atom. The van der Waals surface area contributed by atoms with Crippen LogP contribution in [0.4, 0.5) is 26.1 Å². The van der Waals surface area contributed by atoms with Crippen LogP contribution in [-0.4, -0.2) is 78.2 Å². The third-order valence-electron chi connectivity index (χ3n) is 12.1. The van der Waals surface area contributed by atoms with Gasteiger partial charge >= 0.3 is 0 Å². The van der Waals surface area contributed by atoms with Gasteiger partial charge in [0.05, 0.1) is 17.8 Å². The van der Waals surface area contributed by atoms with E-state index in [4.69, 9.17) is 0 Å². The lowest BCUT2D eigenvalue weighted by atomic mass is 9.82. The second-order valence-corrected chi connectivity index (χ2v) is 18.1. The highest BCUT2D eigenvalue weighted by molar-refractivity contribution is 5.76. The van der Waals surface area contributed by atoms with Gasteiger partial charge in [-0.1, -0.05) is 66.9 Å². The van der Waals surface area contributed by atoms with Gasteiger partial charge in [-0.25, -0.2) is 18.7 Å². The van der Waals surface area contributed by atoms with Crippen LogP contribution in [0, 0.1) is 22.5 Å². The minimum atomic E-state index is -0.346. The number of anilines is 3. The van der Waals surface area contributed by atoms with Crippen LogP contribution >= 0.6 is 0 Å². The quantitative estimate of drug-likeness (QED) is 0.157. The number of halogens is 2. The number of carbonyl (C=O) groups excluding carboxylic acids is 1. The lowest BCUT2D eigenvalue weighted by molar-refractivity contribution is -0.122. The summed E-state index contributed by atoms with van der Waals surface area (Å²) in [5, 5.41) is 10.4. The lowest BCUT2D eigenvalue weighted by Gasteiger charge is -2.50. The van der Waals surface area contributed by atoms with Crippen molar-refractivity contribution in [3.8, 4) is 0 Å². The number of hydrogen-bond acceptors (Lipinski definition) is 8. The molecule has 0 aliphatic carbocycles. The van der Waals surface area contributed by atoms with E-state index in [0.29, 0.717) is 42.7 Å². The van der Waals surface area contributed by atoms with Gasteiger partial charge in [-0.3, -0.25) is 9.69 Å². The molecule has 1 aromatic heterocycles. The van der Waals surface area contributed by atoms with E-state index in [1.54, 1.807) is 6.33 Å². The normalized spacial score (nSPS) is 20.2. The van der Waals surface area contributed by atoms with Crippen molar-refractivity contribution in [1.82, 2.24) is 25.5 Å². The molecule has 1 spiro atoms. The first-order valence-corrected chi connectivity index (χ1v) is 20.7. The number of nitrogens with one attached hydrogen (secondary N) is 3. The van der Waals surface area contributed by atoms with Gasteiger partial charge in [0, 0.05) is 68.6 Å². The largest absolute Gasteiger partial charge is 0.380 e. The maximum atomic E-state index is 15.8. The predicted molar refractivity (Wildman–Crippen MR) is 218 cm³/mol. The van der Waals surface area contributed by atoms with Gasteiger partial charge in [-0.2, -0.15) is 0 Å². The highest BCUT2D eigenvalue weighted by atomic mass is 19.1. The highest BCUT2D eigenvalue weighted by Gasteiger charge is 2.41. The average Bonchev–Trinajstić information content (AvgIpc) is 3.11. The average molecular weight is 751 g/mol. The first kappa shape index (κ1) is 41.7. The first-order valence-electron chi connectivity index (χ1n) is 20.7. The van der Waals surface area contributed by atoms with Crippen molar-refractivity contribution in [3.63, 3.8) is 0 Å². The second kappa shape index (κ2) is 18.4. The third kappa shape index (κ3) is 11.8. The van der Waals surface area contributed by atoms with E-state index in [-0.39, 0.29) is 34.5 Å². The molecular weight excluding hydrogens is 683 g/mol. The molecule has 3 saturated heterocycles. The molecule has 11 heteroatoms. The van der Waals surface area contributed by atoms with Gasteiger partial charge in [-0.15, -0.1) is 0 Å². The topological polar surface area (TPSA) is 88.7 Å². The molecule has 9 nitrogen and oxygen atoms in total. The molecule has 3 N–H and O–H groups in total. The molecule has 1 atom stereocenters. The fourth-order valence-corrected chi connectivity index (χ4v) is 7.83. The Labute approximate surface area is 324 Å². The van der Waals surface area contributed by atoms with E-state index >= 15 is 8.78 Å². The highest BCUT2D eigenvalue weighted by Crippen LogP contribution is 2.35. The molecule has 1 amide bonds. The summed E-state index contributed by atoms with van der Waals surface area (Å²) in [6, 6.07) is 5.06. The first-order chi connectivity index (χ1) is 25.6. The Kier molecular flexibility index (Phi) is 14.2. The Balaban J connectivity index is 1.09. The van der Waals surface area contributed by atoms with Crippen LogP contribution in [0.2, 0.25) is 0 Å². The van der Waals surface area contributed by atoms with E-state index in [9.17, 15) is 4.79 Å². The van der Waals surface area contributed by atoms with Crippen LogP contribution in [0.5, 0.6) is 0 Å². The number of likely N-dealkylation sites (tertiary alicyclic amines) is 1. The fourth-order valence-electron chi connectivity index (χ4n) is 7.83.